The van der Waals surface area contributed by atoms with Crippen molar-refractivity contribution in [3.63, 3.8) is 0 Å². The number of hydrogen-bond donors (Lipinski definition) is 7. The van der Waals surface area contributed by atoms with Gasteiger partial charge in [0.05, 0.1) is 26.4 Å². The molecular formula is C59H112O14. The molecule has 11 atom stereocenters. The van der Waals surface area contributed by atoms with E-state index in [0.29, 0.717) is 13.0 Å². The quantitative estimate of drug-likeness (QED) is 0.0172. The summed E-state index contributed by atoms with van der Waals surface area (Å²) in [6, 6.07) is 0. The molecule has 0 bridgehead atoms. The Balaban J connectivity index is 1.68. The van der Waals surface area contributed by atoms with Crippen molar-refractivity contribution in [1.29, 1.82) is 0 Å². The van der Waals surface area contributed by atoms with Gasteiger partial charge in [-0.25, -0.2) is 0 Å². The number of esters is 1. The molecular weight excluding hydrogens is 933 g/mol. The van der Waals surface area contributed by atoms with Crippen LogP contribution in [0, 0.1) is 0 Å². The Kier molecular flexibility index (Phi) is 43.5. The van der Waals surface area contributed by atoms with E-state index in [2.05, 4.69) is 26.0 Å². The molecule has 7 N–H and O–H groups in total. The average molecular weight is 1050 g/mol. The molecule has 73 heavy (non-hydrogen) atoms. The summed E-state index contributed by atoms with van der Waals surface area (Å²) in [5.74, 6) is -0.378. The predicted octanol–water partition coefficient (Wildman–Crippen LogP) is 11.0. The van der Waals surface area contributed by atoms with Crippen LogP contribution in [0.2, 0.25) is 0 Å². The van der Waals surface area contributed by atoms with Gasteiger partial charge in [-0.2, -0.15) is 0 Å². The summed E-state index contributed by atoms with van der Waals surface area (Å²) in [4.78, 5) is 13.1. The number of hydrogen-bond acceptors (Lipinski definition) is 14. The summed E-state index contributed by atoms with van der Waals surface area (Å²) in [5.41, 5.74) is 0. The highest BCUT2D eigenvalue weighted by Crippen LogP contribution is 2.27. The van der Waals surface area contributed by atoms with Crippen molar-refractivity contribution < 1.29 is 69.0 Å². The molecule has 2 rings (SSSR count). The summed E-state index contributed by atoms with van der Waals surface area (Å²) in [6.07, 6.45) is 35.6. The molecule has 0 amide bonds. The molecule has 14 heteroatoms. The van der Waals surface area contributed by atoms with Crippen LogP contribution in [0.25, 0.3) is 0 Å². The van der Waals surface area contributed by atoms with Crippen molar-refractivity contribution in [2.24, 2.45) is 0 Å². The molecule has 0 aromatic heterocycles. The van der Waals surface area contributed by atoms with Gasteiger partial charge >= 0.3 is 5.97 Å². The van der Waals surface area contributed by atoms with Gasteiger partial charge in [-0.3, -0.25) is 4.79 Å². The average Bonchev–Trinajstić information content (AvgIpc) is 3.39. The highest BCUT2D eigenvalue weighted by molar-refractivity contribution is 5.69. The number of aliphatic hydroxyl groups is 7. The summed E-state index contributed by atoms with van der Waals surface area (Å²) >= 11 is 0. The van der Waals surface area contributed by atoms with Crippen LogP contribution in [0.1, 0.15) is 258 Å². The standard InChI is InChI=1S/C59H112O14/c1-3-5-7-9-11-13-15-17-19-21-22-23-24-25-26-27-29-31-33-35-37-39-41-43-68-45-48(71-51(61)42-40-38-36-34-32-30-28-20-18-16-14-12-10-8-6-4-2)46-69-58-57(67)55(65)53(63)50(73-58)47-70-59-56(66)54(64)52(62)49(44-60)72-59/h20,28,48-50,52-60,62-67H,3-19,21-27,29-47H2,1-2H3/b28-20-. The maximum atomic E-state index is 13.1. The lowest BCUT2D eigenvalue weighted by atomic mass is 9.98. The second kappa shape index (κ2) is 46.8. The van der Waals surface area contributed by atoms with Gasteiger partial charge in [-0.05, 0) is 38.5 Å². The lowest BCUT2D eigenvalue weighted by Crippen LogP contribution is -2.61. The molecule has 0 aromatic carbocycles. The molecule has 0 spiro atoms. The fourth-order valence-electron chi connectivity index (χ4n) is 9.87. The fraction of sp³-hybridized carbons (Fsp3) is 0.949. The van der Waals surface area contributed by atoms with Gasteiger partial charge in [0, 0.05) is 13.0 Å². The van der Waals surface area contributed by atoms with E-state index in [0.717, 1.165) is 57.8 Å². The normalized spacial score (nSPS) is 24.9. The maximum Gasteiger partial charge on any atom is 0.306 e. The number of ether oxygens (including phenoxy) is 6. The monoisotopic (exact) mass is 1040 g/mol. The predicted molar refractivity (Wildman–Crippen MR) is 289 cm³/mol. The van der Waals surface area contributed by atoms with Crippen LogP contribution in [0.15, 0.2) is 12.2 Å². The Morgan fingerprint density at radius 1 is 0.438 bits per heavy atom. The first-order valence-corrected chi connectivity index (χ1v) is 30.3. The summed E-state index contributed by atoms with van der Waals surface area (Å²) in [5, 5.41) is 72.3. The molecule has 2 fully saturated rings. The number of carbonyl (C=O) groups excluding carboxylic acids is 1. The molecule has 0 saturated carbocycles. The van der Waals surface area contributed by atoms with E-state index in [-0.39, 0.29) is 25.6 Å². The van der Waals surface area contributed by atoms with Crippen LogP contribution in [0.3, 0.4) is 0 Å². The van der Waals surface area contributed by atoms with Crippen LogP contribution >= 0.6 is 0 Å². The summed E-state index contributed by atoms with van der Waals surface area (Å²) in [6.45, 7) is 3.74. The molecule has 2 aliphatic rings. The molecule has 14 nitrogen and oxygen atoms in total. The van der Waals surface area contributed by atoms with Gasteiger partial charge in [-0.15, -0.1) is 0 Å². The zero-order chi connectivity index (χ0) is 53.0. The van der Waals surface area contributed by atoms with E-state index in [1.807, 2.05) is 0 Å². The maximum absolute atomic E-state index is 13.1. The SMILES string of the molecule is CCCCCCCCC/C=C\CCCCCCCC(=O)OC(COCCCCCCCCCCCCCCCCCCCCCCCCC)COC1OC(COC2OC(CO)C(O)C(O)C2O)C(O)C(O)C1O. The van der Waals surface area contributed by atoms with Gasteiger partial charge in [0.1, 0.15) is 54.9 Å². The van der Waals surface area contributed by atoms with Crippen molar-refractivity contribution in [3.8, 4) is 0 Å². The zero-order valence-corrected chi connectivity index (χ0v) is 46.4. The number of allylic oxidation sites excluding steroid dienone is 2. The number of aliphatic hydroxyl groups excluding tert-OH is 7. The largest absolute Gasteiger partial charge is 0.457 e. The van der Waals surface area contributed by atoms with E-state index in [1.54, 1.807) is 0 Å². The second-order valence-electron chi connectivity index (χ2n) is 21.5. The molecule has 432 valence electrons. The van der Waals surface area contributed by atoms with Crippen molar-refractivity contribution in [2.75, 3.05) is 33.0 Å². The van der Waals surface area contributed by atoms with Crippen LogP contribution in [0.4, 0.5) is 0 Å². The van der Waals surface area contributed by atoms with Crippen molar-refractivity contribution in [1.82, 2.24) is 0 Å². The fourth-order valence-corrected chi connectivity index (χ4v) is 9.87. The third-order valence-electron chi connectivity index (χ3n) is 14.8. The molecule has 0 aromatic rings. The highest BCUT2D eigenvalue weighted by Gasteiger charge is 2.47. The minimum Gasteiger partial charge on any atom is -0.457 e. The summed E-state index contributed by atoms with van der Waals surface area (Å²) < 4.78 is 34.4. The van der Waals surface area contributed by atoms with Crippen molar-refractivity contribution in [2.45, 2.75) is 325 Å². The van der Waals surface area contributed by atoms with Gasteiger partial charge < -0.3 is 64.2 Å². The zero-order valence-electron chi connectivity index (χ0n) is 46.4. The van der Waals surface area contributed by atoms with Crippen LogP contribution < -0.4 is 0 Å². The van der Waals surface area contributed by atoms with Gasteiger partial charge in [0.25, 0.3) is 0 Å². The van der Waals surface area contributed by atoms with E-state index in [4.69, 9.17) is 28.4 Å². The Hall–Kier alpha value is -1.27. The Labute approximate surface area is 444 Å². The minimum atomic E-state index is -1.70. The van der Waals surface area contributed by atoms with Crippen LogP contribution in [-0.4, -0.2) is 142 Å². The highest BCUT2D eigenvalue weighted by atomic mass is 16.7. The molecule has 2 heterocycles. The molecule has 11 unspecified atom stereocenters. The minimum absolute atomic E-state index is 0.0647. The van der Waals surface area contributed by atoms with E-state index >= 15 is 0 Å². The van der Waals surface area contributed by atoms with E-state index < -0.39 is 80.7 Å². The lowest BCUT2D eigenvalue weighted by Gasteiger charge is -2.42. The smallest absolute Gasteiger partial charge is 0.306 e. The number of unbranched alkanes of at least 4 members (excludes halogenated alkanes) is 34. The number of rotatable bonds is 50. The topological polar surface area (TPSA) is 214 Å². The molecule has 0 aliphatic carbocycles. The summed E-state index contributed by atoms with van der Waals surface area (Å²) in [7, 11) is 0. The van der Waals surface area contributed by atoms with Crippen molar-refractivity contribution in [3.05, 3.63) is 12.2 Å². The molecule has 0 radical (unpaired) electrons. The van der Waals surface area contributed by atoms with Crippen LogP contribution in [0.5, 0.6) is 0 Å². The van der Waals surface area contributed by atoms with Gasteiger partial charge in [0.2, 0.25) is 0 Å². The van der Waals surface area contributed by atoms with Gasteiger partial charge in [-0.1, -0.05) is 225 Å². The van der Waals surface area contributed by atoms with Crippen LogP contribution in [-0.2, 0) is 33.2 Å². The van der Waals surface area contributed by atoms with E-state index in [1.165, 1.54) is 173 Å². The second-order valence-corrected chi connectivity index (χ2v) is 21.5. The first kappa shape index (κ1) is 67.8. The lowest BCUT2D eigenvalue weighted by molar-refractivity contribution is -0.332. The Morgan fingerprint density at radius 3 is 1.25 bits per heavy atom. The number of carbonyl (C=O) groups is 1. The Bertz CT molecular complexity index is 1260. The first-order chi connectivity index (χ1) is 35.6. The third kappa shape index (κ3) is 33.6. The third-order valence-corrected chi connectivity index (χ3v) is 14.8. The van der Waals surface area contributed by atoms with Gasteiger partial charge in [0.15, 0.2) is 12.6 Å². The molecule has 2 aliphatic heterocycles. The van der Waals surface area contributed by atoms with Crippen molar-refractivity contribution >= 4 is 5.97 Å². The molecule has 2 saturated heterocycles. The Morgan fingerprint density at radius 2 is 0.808 bits per heavy atom. The first-order valence-electron chi connectivity index (χ1n) is 30.3. The van der Waals surface area contributed by atoms with E-state index in [9.17, 15) is 40.5 Å².